The molecule has 1 atom stereocenters. The van der Waals surface area contributed by atoms with Crippen molar-refractivity contribution < 1.29 is 9.59 Å². The second kappa shape index (κ2) is 7.83. The van der Waals surface area contributed by atoms with Crippen LogP contribution in [0.4, 0.5) is 16.2 Å². The first-order valence-electron chi connectivity index (χ1n) is 8.37. The molecular formula is C20H25N3O2. The van der Waals surface area contributed by atoms with E-state index in [1.54, 1.807) is 7.05 Å². The lowest BCUT2D eigenvalue weighted by molar-refractivity contribution is -0.114. The van der Waals surface area contributed by atoms with E-state index in [9.17, 15) is 9.59 Å². The number of urea groups is 1. The van der Waals surface area contributed by atoms with Gasteiger partial charge in [-0.2, -0.15) is 0 Å². The van der Waals surface area contributed by atoms with Crippen LogP contribution in [-0.2, 0) is 10.2 Å². The first kappa shape index (κ1) is 18.5. The molecule has 0 aliphatic carbocycles. The van der Waals surface area contributed by atoms with E-state index in [1.165, 1.54) is 6.92 Å². The smallest absolute Gasteiger partial charge is 0.318 e. The average molecular weight is 339 g/mol. The molecule has 0 heterocycles. The molecule has 0 radical (unpaired) electrons. The maximum atomic E-state index is 11.8. The number of hydrogen-bond acceptors (Lipinski definition) is 2. The molecule has 2 rings (SSSR count). The van der Waals surface area contributed by atoms with Gasteiger partial charge in [-0.3, -0.25) is 4.79 Å². The van der Waals surface area contributed by atoms with Crippen LogP contribution in [0.5, 0.6) is 0 Å². The lowest BCUT2D eigenvalue weighted by Gasteiger charge is -2.32. The lowest BCUT2D eigenvalue weighted by Crippen LogP contribution is -2.29. The molecule has 132 valence electrons. The molecule has 2 aromatic carbocycles. The van der Waals surface area contributed by atoms with Crippen molar-refractivity contribution in [1.29, 1.82) is 0 Å². The third-order valence-electron chi connectivity index (χ3n) is 4.52. The van der Waals surface area contributed by atoms with E-state index in [0.29, 0.717) is 0 Å². The van der Waals surface area contributed by atoms with E-state index in [-0.39, 0.29) is 17.4 Å². The van der Waals surface area contributed by atoms with E-state index in [1.807, 2.05) is 48.5 Å². The molecule has 0 aliphatic heterocycles. The first-order chi connectivity index (χ1) is 11.9. The molecule has 0 saturated carbocycles. The summed E-state index contributed by atoms with van der Waals surface area (Å²) in [5.41, 5.74) is 3.33. The molecule has 0 spiro atoms. The maximum Gasteiger partial charge on any atom is 0.318 e. The molecule has 0 bridgehead atoms. The van der Waals surface area contributed by atoms with Crippen LogP contribution in [0.1, 0.15) is 38.3 Å². The van der Waals surface area contributed by atoms with Crippen molar-refractivity contribution in [2.45, 2.75) is 32.6 Å². The Labute approximate surface area is 148 Å². The standard InChI is InChI=1S/C20H25N3O2/c1-5-20(3,15-9-8-10-16(13-15)22-14(2)24)17-11-6-7-12-18(17)23-19(25)21-4/h6-13H,5H2,1-4H3,(H,22,24)(H2,21,23,25). The summed E-state index contributed by atoms with van der Waals surface area (Å²) < 4.78 is 0. The molecular weight excluding hydrogens is 314 g/mol. The molecule has 5 heteroatoms. The highest BCUT2D eigenvalue weighted by molar-refractivity contribution is 5.90. The summed E-state index contributed by atoms with van der Waals surface area (Å²) in [6, 6.07) is 15.4. The van der Waals surface area contributed by atoms with Gasteiger partial charge in [0.25, 0.3) is 0 Å². The van der Waals surface area contributed by atoms with Crippen molar-refractivity contribution in [3.63, 3.8) is 0 Å². The quantitative estimate of drug-likeness (QED) is 0.767. The third kappa shape index (κ3) is 4.18. The van der Waals surface area contributed by atoms with Gasteiger partial charge in [0.15, 0.2) is 0 Å². The molecule has 3 N–H and O–H groups in total. The van der Waals surface area contributed by atoms with Crippen LogP contribution in [0.15, 0.2) is 48.5 Å². The van der Waals surface area contributed by atoms with E-state index in [0.717, 1.165) is 28.9 Å². The highest BCUT2D eigenvalue weighted by atomic mass is 16.2. The van der Waals surface area contributed by atoms with Crippen molar-refractivity contribution in [2.75, 3.05) is 17.7 Å². The largest absolute Gasteiger partial charge is 0.341 e. The lowest BCUT2D eigenvalue weighted by atomic mass is 9.73. The molecule has 0 fully saturated rings. The van der Waals surface area contributed by atoms with Crippen molar-refractivity contribution in [3.05, 3.63) is 59.7 Å². The number of benzene rings is 2. The number of carbonyl (C=O) groups is 2. The summed E-state index contributed by atoms with van der Waals surface area (Å²) in [5, 5.41) is 8.31. The van der Waals surface area contributed by atoms with Gasteiger partial charge in [-0.15, -0.1) is 0 Å². The van der Waals surface area contributed by atoms with Gasteiger partial charge >= 0.3 is 6.03 Å². The highest BCUT2D eigenvalue weighted by Gasteiger charge is 2.30. The summed E-state index contributed by atoms with van der Waals surface area (Å²) >= 11 is 0. The first-order valence-corrected chi connectivity index (χ1v) is 8.37. The van der Waals surface area contributed by atoms with Crippen LogP contribution in [-0.4, -0.2) is 19.0 Å². The predicted octanol–water partition coefficient (Wildman–Crippen LogP) is 4.11. The van der Waals surface area contributed by atoms with Gasteiger partial charge in [-0.1, -0.05) is 44.2 Å². The van der Waals surface area contributed by atoms with Crippen LogP contribution >= 0.6 is 0 Å². The Morgan fingerprint density at radius 2 is 1.76 bits per heavy atom. The minimum atomic E-state index is -0.313. The molecule has 5 nitrogen and oxygen atoms in total. The summed E-state index contributed by atoms with van der Waals surface area (Å²) in [4.78, 5) is 23.1. The SMILES string of the molecule is CCC(C)(c1cccc(NC(C)=O)c1)c1ccccc1NC(=O)NC. The molecule has 1 unspecified atom stereocenters. The van der Waals surface area contributed by atoms with Gasteiger partial charge in [-0.05, 0) is 35.7 Å². The van der Waals surface area contributed by atoms with E-state index in [2.05, 4.69) is 29.8 Å². The van der Waals surface area contributed by atoms with Gasteiger partial charge in [0.1, 0.15) is 0 Å². The number of para-hydroxylation sites is 1. The molecule has 3 amide bonds. The normalized spacial score (nSPS) is 12.8. The zero-order chi connectivity index (χ0) is 18.4. The van der Waals surface area contributed by atoms with Gasteiger partial charge in [0.05, 0.1) is 0 Å². The molecule has 0 aliphatic rings. The predicted molar refractivity (Wildman–Crippen MR) is 102 cm³/mol. The topological polar surface area (TPSA) is 70.2 Å². The Morgan fingerprint density at radius 3 is 2.40 bits per heavy atom. The highest BCUT2D eigenvalue weighted by Crippen LogP contribution is 2.39. The number of amides is 3. The van der Waals surface area contributed by atoms with Crippen molar-refractivity contribution in [2.24, 2.45) is 0 Å². The van der Waals surface area contributed by atoms with Crippen LogP contribution in [0.2, 0.25) is 0 Å². The van der Waals surface area contributed by atoms with Gasteiger partial charge in [0.2, 0.25) is 5.91 Å². The number of anilines is 2. The molecule has 0 saturated heterocycles. The van der Waals surface area contributed by atoms with Crippen LogP contribution in [0.25, 0.3) is 0 Å². The van der Waals surface area contributed by atoms with Gasteiger partial charge < -0.3 is 16.0 Å². The van der Waals surface area contributed by atoms with Crippen LogP contribution in [0, 0.1) is 0 Å². The monoisotopic (exact) mass is 339 g/mol. The Morgan fingerprint density at radius 1 is 1.04 bits per heavy atom. The van der Waals surface area contributed by atoms with E-state index >= 15 is 0 Å². The fourth-order valence-corrected chi connectivity index (χ4v) is 2.95. The van der Waals surface area contributed by atoms with E-state index in [4.69, 9.17) is 0 Å². The number of hydrogen-bond donors (Lipinski definition) is 3. The zero-order valence-electron chi connectivity index (χ0n) is 15.1. The fourth-order valence-electron chi connectivity index (χ4n) is 2.95. The van der Waals surface area contributed by atoms with Crippen molar-refractivity contribution in [1.82, 2.24) is 5.32 Å². The van der Waals surface area contributed by atoms with Gasteiger partial charge in [0, 0.05) is 30.8 Å². The van der Waals surface area contributed by atoms with Gasteiger partial charge in [-0.25, -0.2) is 4.79 Å². The fraction of sp³-hybridized carbons (Fsp3) is 0.300. The second-order valence-corrected chi connectivity index (χ2v) is 6.20. The Bertz CT molecular complexity index is 773. The van der Waals surface area contributed by atoms with Crippen LogP contribution in [0.3, 0.4) is 0 Å². The Kier molecular flexibility index (Phi) is 5.80. The summed E-state index contributed by atoms with van der Waals surface area (Å²) in [7, 11) is 1.59. The van der Waals surface area contributed by atoms with Crippen molar-refractivity contribution >= 4 is 23.3 Å². The third-order valence-corrected chi connectivity index (χ3v) is 4.52. The van der Waals surface area contributed by atoms with E-state index < -0.39 is 0 Å². The maximum absolute atomic E-state index is 11.8. The number of rotatable bonds is 5. The zero-order valence-corrected chi connectivity index (χ0v) is 15.1. The second-order valence-electron chi connectivity index (χ2n) is 6.20. The summed E-state index contributed by atoms with van der Waals surface area (Å²) in [6.45, 7) is 5.75. The summed E-state index contributed by atoms with van der Waals surface area (Å²) in [5.74, 6) is -0.1000. The Balaban J connectivity index is 2.51. The van der Waals surface area contributed by atoms with Crippen LogP contribution < -0.4 is 16.0 Å². The number of carbonyl (C=O) groups excluding carboxylic acids is 2. The Hall–Kier alpha value is -2.82. The summed E-state index contributed by atoms with van der Waals surface area (Å²) in [6.07, 6.45) is 0.836. The van der Waals surface area contributed by atoms with Crippen molar-refractivity contribution in [3.8, 4) is 0 Å². The minimum absolute atomic E-state index is 0.1000. The molecule has 0 aromatic heterocycles. The number of nitrogens with one attached hydrogen (secondary N) is 3. The molecule has 2 aromatic rings. The minimum Gasteiger partial charge on any atom is -0.341 e. The average Bonchev–Trinajstić information content (AvgIpc) is 2.61. The molecule has 25 heavy (non-hydrogen) atoms.